The van der Waals surface area contributed by atoms with Crippen LogP contribution in [0.3, 0.4) is 0 Å². The van der Waals surface area contributed by atoms with Gasteiger partial charge in [0.25, 0.3) is 0 Å². The quantitative estimate of drug-likeness (QED) is 0.765. The molecule has 1 aromatic carbocycles. The van der Waals surface area contributed by atoms with Gasteiger partial charge in [0.2, 0.25) is 5.95 Å². The van der Waals surface area contributed by atoms with Crippen molar-refractivity contribution in [1.29, 1.82) is 0 Å². The first-order valence-corrected chi connectivity index (χ1v) is 7.09. The Bertz CT molecular complexity index is 586. The van der Waals surface area contributed by atoms with E-state index in [1.165, 1.54) is 11.1 Å². The third-order valence-corrected chi connectivity index (χ3v) is 3.12. The van der Waals surface area contributed by atoms with Crippen molar-refractivity contribution >= 4 is 17.5 Å². The molecule has 0 saturated carbocycles. The van der Waals surface area contributed by atoms with E-state index < -0.39 is 0 Å². The maximum Gasteiger partial charge on any atom is 0.229 e. The van der Waals surface area contributed by atoms with Gasteiger partial charge >= 0.3 is 0 Å². The van der Waals surface area contributed by atoms with Gasteiger partial charge in [-0.05, 0) is 38.0 Å². The van der Waals surface area contributed by atoms with Crippen LogP contribution in [-0.4, -0.2) is 30.2 Å². The van der Waals surface area contributed by atoms with Gasteiger partial charge < -0.3 is 15.4 Å². The highest BCUT2D eigenvalue weighted by Crippen LogP contribution is 2.19. The topological polar surface area (TPSA) is 59.1 Å². The molecule has 1 aromatic heterocycles. The molecule has 0 aliphatic carbocycles. The van der Waals surface area contributed by atoms with E-state index in [1.807, 2.05) is 12.1 Å². The van der Waals surface area contributed by atoms with Crippen molar-refractivity contribution in [3.05, 3.63) is 41.6 Å². The molecule has 0 bridgehead atoms. The first-order chi connectivity index (χ1) is 10.2. The predicted octanol–water partition coefficient (Wildman–Crippen LogP) is 3.29. The third kappa shape index (κ3) is 4.72. The van der Waals surface area contributed by atoms with Crippen molar-refractivity contribution in [1.82, 2.24) is 9.97 Å². The number of anilines is 3. The Labute approximate surface area is 125 Å². The van der Waals surface area contributed by atoms with E-state index in [0.717, 1.165) is 31.1 Å². The second-order valence-electron chi connectivity index (χ2n) is 4.98. The van der Waals surface area contributed by atoms with E-state index in [-0.39, 0.29) is 0 Å². The van der Waals surface area contributed by atoms with E-state index in [2.05, 4.69) is 46.6 Å². The van der Waals surface area contributed by atoms with Gasteiger partial charge in [-0.25, -0.2) is 4.98 Å². The molecule has 0 aliphatic rings. The molecule has 112 valence electrons. The van der Waals surface area contributed by atoms with Crippen molar-refractivity contribution in [3.63, 3.8) is 0 Å². The average Bonchev–Trinajstić information content (AvgIpc) is 2.47. The van der Waals surface area contributed by atoms with Crippen LogP contribution in [0.5, 0.6) is 0 Å². The minimum Gasteiger partial charge on any atom is -0.385 e. The third-order valence-electron chi connectivity index (χ3n) is 3.12. The van der Waals surface area contributed by atoms with Crippen LogP contribution in [0, 0.1) is 13.8 Å². The minimum absolute atomic E-state index is 0.596. The van der Waals surface area contributed by atoms with E-state index in [9.17, 15) is 0 Å². The Morgan fingerprint density at radius 1 is 1.19 bits per heavy atom. The Morgan fingerprint density at radius 2 is 2.05 bits per heavy atom. The second-order valence-corrected chi connectivity index (χ2v) is 4.98. The van der Waals surface area contributed by atoms with Crippen molar-refractivity contribution in [3.8, 4) is 0 Å². The maximum atomic E-state index is 5.02. The predicted molar refractivity (Wildman–Crippen MR) is 86.2 cm³/mol. The van der Waals surface area contributed by atoms with Crippen molar-refractivity contribution < 1.29 is 4.74 Å². The van der Waals surface area contributed by atoms with E-state index in [0.29, 0.717) is 5.95 Å². The van der Waals surface area contributed by atoms with Crippen molar-refractivity contribution in [2.24, 2.45) is 0 Å². The number of rotatable bonds is 7. The summed E-state index contributed by atoms with van der Waals surface area (Å²) in [7, 11) is 1.70. The molecule has 0 amide bonds. The lowest BCUT2D eigenvalue weighted by atomic mass is 10.1. The fourth-order valence-electron chi connectivity index (χ4n) is 2.02. The van der Waals surface area contributed by atoms with Crippen LogP contribution >= 0.6 is 0 Å². The fourth-order valence-corrected chi connectivity index (χ4v) is 2.02. The van der Waals surface area contributed by atoms with Crippen LogP contribution in [0.25, 0.3) is 0 Å². The van der Waals surface area contributed by atoms with Gasteiger partial charge in [0.15, 0.2) is 0 Å². The number of nitrogens with one attached hydrogen (secondary N) is 2. The van der Waals surface area contributed by atoms with Gasteiger partial charge in [0, 0.05) is 32.1 Å². The summed E-state index contributed by atoms with van der Waals surface area (Å²) < 4.78 is 5.02. The second kappa shape index (κ2) is 7.59. The summed E-state index contributed by atoms with van der Waals surface area (Å²) in [6.45, 7) is 5.72. The number of hydrogen-bond acceptors (Lipinski definition) is 5. The first kappa shape index (κ1) is 15.3. The molecule has 0 aliphatic heterocycles. The van der Waals surface area contributed by atoms with Crippen molar-refractivity contribution in [2.75, 3.05) is 30.9 Å². The molecule has 1 heterocycles. The molecular weight excluding hydrogens is 264 g/mol. The average molecular weight is 286 g/mol. The molecule has 5 nitrogen and oxygen atoms in total. The number of ether oxygens (including phenoxy) is 1. The summed E-state index contributed by atoms with van der Waals surface area (Å²) in [5.41, 5.74) is 3.45. The van der Waals surface area contributed by atoms with Gasteiger partial charge in [-0.2, -0.15) is 4.98 Å². The lowest BCUT2D eigenvalue weighted by molar-refractivity contribution is 0.198. The Hall–Kier alpha value is -2.14. The molecule has 0 radical (unpaired) electrons. The van der Waals surface area contributed by atoms with Gasteiger partial charge in [0.1, 0.15) is 5.82 Å². The lowest BCUT2D eigenvalue weighted by Crippen LogP contribution is -2.07. The molecule has 21 heavy (non-hydrogen) atoms. The highest BCUT2D eigenvalue weighted by Gasteiger charge is 2.02. The summed E-state index contributed by atoms with van der Waals surface area (Å²) >= 11 is 0. The Balaban J connectivity index is 2.00. The standard InChI is InChI=1S/C16H22N4O/c1-12-5-6-14(13(2)11-12)19-16-18-9-7-15(20-16)17-8-4-10-21-3/h5-7,9,11H,4,8,10H2,1-3H3,(H2,17,18,19,20). The summed E-state index contributed by atoms with van der Waals surface area (Å²) in [5.74, 6) is 1.41. The molecule has 5 heteroatoms. The zero-order valence-electron chi connectivity index (χ0n) is 12.8. The Morgan fingerprint density at radius 3 is 2.81 bits per heavy atom. The van der Waals surface area contributed by atoms with E-state index in [4.69, 9.17) is 4.74 Å². The van der Waals surface area contributed by atoms with E-state index >= 15 is 0 Å². The van der Waals surface area contributed by atoms with Gasteiger partial charge in [0.05, 0.1) is 0 Å². The highest BCUT2D eigenvalue weighted by atomic mass is 16.5. The molecule has 0 spiro atoms. The van der Waals surface area contributed by atoms with Gasteiger partial charge in [-0.3, -0.25) is 0 Å². The number of hydrogen-bond donors (Lipinski definition) is 2. The van der Waals surface area contributed by atoms with Crippen LogP contribution in [0.15, 0.2) is 30.5 Å². The summed E-state index contributed by atoms with van der Waals surface area (Å²) in [6.07, 6.45) is 2.69. The highest BCUT2D eigenvalue weighted by molar-refractivity contribution is 5.59. The number of aromatic nitrogens is 2. The zero-order chi connectivity index (χ0) is 15.1. The normalized spacial score (nSPS) is 10.4. The van der Waals surface area contributed by atoms with Crippen LogP contribution in [0.2, 0.25) is 0 Å². The van der Waals surface area contributed by atoms with Crippen LogP contribution in [-0.2, 0) is 4.74 Å². The number of methoxy groups -OCH3 is 1. The summed E-state index contributed by atoms with van der Waals surface area (Å²) in [6, 6.07) is 8.12. The SMILES string of the molecule is COCCCNc1ccnc(Nc2ccc(C)cc2C)n1. The summed E-state index contributed by atoms with van der Waals surface area (Å²) in [5, 5.41) is 6.51. The van der Waals surface area contributed by atoms with E-state index in [1.54, 1.807) is 13.3 Å². The van der Waals surface area contributed by atoms with Gasteiger partial charge in [-0.15, -0.1) is 0 Å². The first-order valence-electron chi connectivity index (χ1n) is 7.09. The smallest absolute Gasteiger partial charge is 0.229 e. The molecule has 0 saturated heterocycles. The number of nitrogens with zero attached hydrogens (tertiary/aromatic N) is 2. The molecule has 0 atom stereocenters. The molecule has 0 fully saturated rings. The lowest BCUT2D eigenvalue weighted by Gasteiger charge is -2.10. The fraction of sp³-hybridized carbons (Fsp3) is 0.375. The molecular formula is C16H22N4O. The van der Waals surface area contributed by atoms with Crippen LogP contribution in [0.1, 0.15) is 17.5 Å². The zero-order valence-corrected chi connectivity index (χ0v) is 12.8. The van der Waals surface area contributed by atoms with Crippen molar-refractivity contribution in [2.45, 2.75) is 20.3 Å². The Kier molecular flexibility index (Phi) is 5.51. The molecule has 2 aromatic rings. The number of aryl methyl sites for hydroxylation is 2. The van der Waals surface area contributed by atoms with Crippen LogP contribution in [0.4, 0.5) is 17.5 Å². The molecule has 2 rings (SSSR count). The molecule has 0 unspecified atom stereocenters. The van der Waals surface area contributed by atoms with Crippen LogP contribution < -0.4 is 10.6 Å². The van der Waals surface area contributed by atoms with Gasteiger partial charge in [-0.1, -0.05) is 17.7 Å². The minimum atomic E-state index is 0.596. The largest absolute Gasteiger partial charge is 0.385 e. The molecule has 2 N–H and O–H groups in total. The summed E-state index contributed by atoms with van der Waals surface area (Å²) in [4.78, 5) is 8.71. The monoisotopic (exact) mass is 286 g/mol. The maximum absolute atomic E-state index is 5.02. The number of benzene rings is 1.